The van der Waals surface area contributed by atoms with Gasteiger partial charge in [-0.1, -0.05) is 74.0 Å². The normalized spacial score (nSPS) is 19.1. The van der Waals surface area contributed by atoms with Crippen molar-refractivity contribution in [3.63, 3.8) is 0 Å². The molecule has 0 unspecified atom stereocenters. The Balaban J connectivity index is 0.897. The molecule has 3 aromatic carbocycles. The molecular weight excluding hydrogens is 680 g/mol. The monoisotopic (exact) mass is 728 g/mol. The molecule has 2 fully saturated rings. The highest BCUT2D eigenvalue weighted by molar-refractivity contribution is 7.92. The van der Waals surface area contributed by atoms with Crippen molar-refractivity contribution in [2.24, 2.45) is 11.3 Å². The second kappa shape index (κ2) is 17.1. The number of likely N-dealkylation sites (tertiary alicyclic amines) is 1. The lowest BCUT2D eigenvalue weighted by Gasteiger charge is -2.21. The SMILES string of the molecule is CS(=O)(=O)Nc1cc([C@@H](O)CNCCCCCCCCCN2C[C@H]3C[C@@]3(COC(=O)Nc3ccccc3-c3ccc(O)c(Cl)c3)C2)ccc1O. The van der Waals surface area contributed by atoms with Gasteiger partial charge >= 0.3 is 6.09 Å². The van der Waals surface area contributed by atoms with Crippen LogP contribution in [0.2, 0.25) is 5.02 Å². The van der Waals surface area contributed by atoms with Gasteiger partial charge in [-0.2, -0.15) is 0 Å². The predicted octanol–water partition coefficient (Wildman–Crippen LogP) is 6.71. The molecule has 3 atom stereocenters. The molecule has 5 rings (SSSR count). The van der Waals surface area contributed by atoms with Crippen molar-refractivity contribution in [2.75, 3.05) is 55.6 Å². The van der Waals surface area contributed by atoms with E-state index in [9.17, 15) is 28.5 Å². The van der Waals surface area contributed by atoms with Crippen LogP contribution in [-0.2, 0) is 14.8 Å². The van der Waals surface area contributed by atoms with Crippen LogP contribution in [0.3, 0.4) is 0 Å². The van der Waals surface area contributed by atoms with Crippen molar-refractivity contribution < 1.29 is 33.3 Å². The third-order valence-corrected chi connectivity index (χ3v) is 10.5. The molecule has 3 aromatic rings. The highest BCUT2D eigenvalue weighted by Gasteiger charge is 2.60. The number of benzene rings is 3. The van der Waals surface area contributed by atoms with Gasteiger partial charge in [0.05, 0.1) is 28.8 Å². The number of rotatable bonds is 19. The van der Waals surface area contributed by atoms with Gasteiger partial charge in [0.25, 0.3) is 0 Å². The Bertz CT molecular complexity index is 1730. The molecule has 0 spiro atoms. The highest BCUT2D eigenvalue weighted by atomic mass is 35.5. The molecule has 1 saturated carbocycles. The lowest BCUT2D eigenvalue weighted by atomic mass is 10.0. The number of carbonyl (C=O) groups is 1. The third-order valence-electron chi connectivity index (χ3n) is 9.66. The summed E-state index contributed by atoms with van der Waals surface area (Å²) >= 11 is 6.10. The van der Waals surface area contributed by atoms with E-state index in [2.05, 4.69) is 20.3 Å². The van der Waals surface area contributed by atoms with Crippen LogP contribution in [0, 0.1) is 11.3 Å². The van der Waals surface area contributed by atoms with E-state index < -0.39 is 22.2 Å². The van der Waals surface area contributed by atoms with Gasteiger partial charge in [0.2, 0.25) is 10.0 Å². The molecule has 6 N–H and O–H groups in total. The van der Waals surface area contributed by atoms with Crippen molar-refractivity contribution in [3.05, 3.63) is 71.2 Å². The van der Waals surface area contributed by atoms with E-state index in [-0.39, 0.29) is 27.6 Å². The molecule has 13 heteroatoms. The fraction of sp³-hybridized carbons (Fsp3) is 0.486. The highest BCUT2D eigenvalue weighted by Crippen LogP contribution is 2.57. The number of phenols is 2. The lowest BCUT2D eigenvalue weighted by molar-refractivity contribution is 0.127. The summed E-state index contributed by atoms with van der Waals surface area (Å²) in [6.45, 7) is 4.67. The molecule has 0 bridgehead atoms. The van der Waals surface area contributed by atoms with E-state index in [4.69, 9.17) is 16.3 Å². The number of hydrogen-bond donors (Lipinski definition) is 6. The molecule has 1 aliphatic carbocycles. The maximum absolute atomic E-state index is 12.8. The molecule has 0 aromatic heterocycles. The Morgan fingerprint density at radius 3 is 2.46 bits per heavy atom. The molecule has 1 aliphatic heterocycles. The standard InChI is InChI=1S/C37H49ClN4O7S/c1-50(47,48)41-32-20-27(14-16-34(32)44)35(45)22-39-17-9-5-3-2-4-6-10-18-42-23-28-21-37(28,24-42)25-49-36(46)40-31-12-8-7-11-29(31)26-13-15-33(43)30(38)19-26/h7-8,11-16,19-20,28,35,39,41,43-45H,2-6,9-10,17-18,21-25H2,1H3,(H,40,46)/t28-,35+,37+/m1/s1. The van der Waals surface area contributed by atoms with Crippen molar-refractivity contribution in [1.82, 2.24) is 10.2 Å². The number of nitrogens with zero attached hydrogens (tertiary/aromatic N) is 1. The molecule has 272 valence electrons. The van der Waals surface area contributed by atoms with Crippen LogP contribution in [0.4, 0.5) is 16.2 Å². The van der Waals surface area contributed by atoms with Gasteiger partial charge in [0.1, 0.15) is 18.1 Å². The molecular formula is C37H49ClN4O7S. The number of halogens is 1. The number of aromatic hydroxyl groups is 2. The number of anilines is 2. The van der Waals surface area contributed by atoms with Gasteiger partial charge in [0.15, 0.2) is 0 Å². The van der Waals surface area contributed by atoms with Crippen LogP contribution in [0.15, 0.2) is 60.7 Å². The fourth-order valence-electron chi connectivity index (χ4n) is 6.84. The number of piperidine rings is 1. The van der Waals surface area contributed by atoms with Gasteiger partial charge < -0.3 is 30.3 Å². The predicted molar refractivity (Wildman–Crippen MR) is 197 cm³/mol. The molecule has 1 amide bonds. The van der Waals surface area contributed by atoms with E-state index in [0.717, 1.165) is 62.8 Å². The summed E-state index contributed by atoms with van der Waals surface area (Å²) in [6, 6.07) is 16.8. The molecule has 50 heavy (non-hydrogen) atoms. The Hall–Kier alpha value is -3.55. The van der Waals surface area contributed by atoms with Gasteiger partial charge in [-0.15, -0.1) is 0 Å². The van der Waals surface area contributed by atoms with E-state index in [1.165, 1.54) is 50.3 Å². The number of hydrogen-bond acceptors (Lipinski definition) is 9. The van der Waals surface area contributed by atoms with Crippen molar-refractivity contribution in [1.29, 1.82) is 0 Å². The van der Waals surface area contributed by atoms with Crippen LogP contribution >= 0.6 is 11.6 Å². The summed E-state index contributed by atoms with van der Waals surface area (Å²) in [5, 5.41) is 36.5. The van der Waals surface area contributed by atoms with Gasteiger partial charge in [0, 0.05) is 30.6 Å². The van der Waals surface area contributed by atoms with Crippen molar-refractivity contribution in [2.45, 2.75) is 57.5 Å². The number of carbonyl (C=O) groups excluding carboxylic acids is 1. The molecule has 0 radical (unpaired) electrons. The number of amides is 1. The smallest absolute Gasteiger partial charge is 0.411 e. The quantitative estimate of drug-likeness (QED) is 0.0582. The number of para-hydroxylation sites is 1. The summed E-state index contributed by atoms with van der Waals surface area (Å²) in [5.74, 6) is 0.408. The summed E-state index contributed by atoms with van der Waals surface area (Å²) in [7, 11) is -3.54. The van der Waals surface area contributed by atoms with Crippen LogP contribution < -0.4 is 15.4 Å². The number of phenolic OH excluding ortho intramolecular Hbond substituents is 2. The van der Waals surface area contributed by atoms with Crippen molar-refractivity contribution >= 4 is 39.1 Å². The number of aliphatic hydroxyl groups excluding tert-OH is 1. The summed E-state index contributed by atoms with van der Waals surface area (Å²) < 4.78 is 31.0. The first-order chi connectivity index (χ1) is 23.9. The number of aliphatic hydroxyl groups is 1. The molecule has 1 heterocycles. The first-order valence-corrected chi connectivity index (χ1v) is 19.6. The first kappa shape index (κ1) is 37.7. The van der Waals surface area contributed by atoms with Crippen LogP contribution in [0.5, 0.6) is 11.5 Å². The average Bonchev–Trinajstić information content (AvgIpc) is 3.63. The Kier molecular flexibility index (Phi) is 12.9. The number of nitrogens with one attached hydrogen (secondary N) is 3. The minimum Gasteiger partial charge on any atom is -0.506 e. The second-order valence-electron chi connectivity index (χ2n) is 13.8. The van der Waals surface area contributed by atoms with E-state index in [1.807, 2.05) is 24.3 Å². The third kappa shape index (κ3) is 10.7. The topological polar surface area (TPSA) is 160 Å². The molecule has 11 nitrogen and oxygen atoms in total. The van der Waals surface area contributed by atoms with Crippen molar-refractivity contribution in [3.8, 4) is 22.6 Å². The summed E-state index contributed by atoms with van der Waals surface area (Å²) in [5.41, 5.74) is 2.85. The first-order valence-electron chi connectivity index (χ1n) is 17.4. The fourth-order valence-corrected chi connectivity index (χ4v) is 7.58. The Morgan fingerprint density at radius 2 is 1.70 bits per heavy atom. The minimum atomic E-state index is -3.54. The number of fused-ring (bicyclic) bond motifs is 1. The number of unbranched alkanes of at least 4 members (excludes halogenated alkanes) is 6. The lowest BCUT2D eigenvalue weighted by Crippen LogP contribution is -2.29. The van der Waals surface area contributed by atoms with Crippen LogP contribution in [-0.4, -0.2) is 80.3 Å². The van der Waals surface area contributed by atoms with Gasteiger partial charge in [-0.25, -0.2) is 13.2 Å². The second-order valence-corrected chi connectivity index (χ2v) is 15.9. The van der Waals surface area contributed by atoms with E-state index in [0.29, 0.717) is 30.3 Å². The minimum absolute atomic E-state index is 0.00953. The molecule has 2 aliphatic rings. The zero-order valence-electron chi connectivity index (χ0n) is 28.5. The molecule has 1 saturated heterocycles. The summed E-state index contributed by atoms with van der Waals surface area (Å²) in [6.07, 6.45) is 8.91. The van der Waals surface area contributed by atoms with Crippen LogP contribution in [0.1, 0.15) is 63.0 Å². The number of sulfonamides is 1. The van der Waals surface area contributed by atoms with Gasteiger partial charge in [-0.3, -0.25) is 10.0 Å². The Morgan fingerprint density at radius 1 is 0.980 bits per heavy atom. The zero-order chi connectivity index (χ0) is 35.7. The van der Waals surface area contributed by atoms with E-state index in [1.54, 1.807) is 18.2 Å². The summed E-state index contributed by atoms with van der Waals surface area (Å²) in [4.78, 5) is 15.3. The van der Waals surface area contributed by atoms with Gasteiger partial charge in [-0.05, 0) is 79.7 Å². The Labute approximate surface area is 300 Å². The maximum atomic E-state index is 12.8. The van der Waals surface area contributed by atoms with E-state index >= 15 is 0 Å². The average molecular weight is 729 g/mol. The zero-order valence-corrected chi connectivity index (χ0v) is 30.1. The maximum Gasteiger partial charge on any atom is 0.411 e. The largest absolute Gasteiger partial charge is 0.506 e. The van der Waals surface area contributed by atoms with Crippen LogP contribution in [0.25, 0.3) is 11.1 Å². The number of ether oxygens (including phenoxy) is 1.